The minimum atomic E-state index is -2.87. The van der Waals surface area contributed by atoms with Crippen LogP contribution in [-0.4, -0.2) is 41.1 Å². The quantitative estimate of drug-likeness (QED) is 0.875. The molecule has 0 aliphatic carbocycles. The number of hydrogen-bond acceptors (Lipinski definition) is 3. The minimum Gasteiger partial charge on any atom is -0.480 e. The molecule has 0 spiro atoms. The van der Waals surface area contributed by atoms with E-state index in [1.54, 1.807) is 12.1 Å². The van der Waals surface area contributed by atoms with Gasteiger partial charge in [0.05, 0.1) is 0 Å². The first-order valence-corrected chi connectivity index (χ1v) is 7.03. The van der Waals surface area contributed by atoms with Gasteiger partial charge in [-0.05, 0) is 37.0 Å². The molecule has 1 aromatic rings. The number of carboxylic acid groups (broad SMARTS) is 1. The molecule has 1 aliphatic heterocycles. The molecule has 0 radical (unpaired) electrons. The van der Waals surface area contributed by atoms with Crippen LogP contribution in [0.1, 0.15) is 24.8 Å². The SMILES string of the molecule is O=C(O)C1CCCN1C(=O)CCc1ccc(OC(F)F)cc1. The van der Waals surface area contributed by atoms with Crippen molar-refractivity contribution in [3.05, 3.63) is 29.8 Å². The third kappa shape index (κ3) is 4.16. The molecule has 1 fully saturated rings. The zero-order valence-corrected chi connectivity index (χ0v) is 11.9. The molecule has 2 rings (SSSR count). The summed E-state index contributed by atoms with van der Waals surface area (Å²) in [6.45, 7) is -2.40. The highest BCUT2D eigenvalue weighted by Crippen LogP contribution is 2.20. The summed E-state index contributed by atoms with van der Waals surface area (Å²) in [7, 11) is 0. The van der Waals surface area contributed by atoms with E-state index < -0.39 is 18.6 Å². The van der Waals surface area contributed by atoms with E-state index in [9.17, 15) is 18.4 Å². The number of alkyl halides is 2. The summed E-state index contributed by atoms with van der Waals surface area (Å²) < 4.78 is 28.3. The topological polar surface area (TPSA) is 66.8 Å². The fourth-order valence-corrected chi connectivity index (χ4v) is 2.55. The van der Waals surface area contributed by atoms with Crippen molar-refractivity contribution in [2.45, 2.75) is 38.3 Å². The number of aryl methyl sites for hydroxylation is 1. The fraction of sp³-hybridized carbons (Fsp3) is 0.467. The molecule has 1 heterocycles. The number of carbonyl (C=O) groups excluding carboxylic acids is 1. The predicted molar refractivity (Wildman–Crippen MR) is 73.8 cm³/mol. The van der Waals surface area contributed by atoms with Gasteiger partial charge in [0, 0.05) is 13.0 Å². The highest BCUT2D eigenvalue weighted by Gasteiger charge is 2.33. The molecular formula is C15H17F2NO4. The van der Waals surface area contributed by atoms with E-state index in [2.05, 4.69) is 4.74 Å². The number of amides is 1. The zero-order chi connectivity index (χ0) is 16.1. The van der Waals surface area contributed by atoms with Crippen molar-refractivity contribution in [3.63, 3.8) is 0 Å². The van der Waals surface area contributed by atoms with Gasteiger partial charge in [-0.25, -0.2) is 4.79 Å². The van der Waals surface area contributed by atoms with Crippen LogP contribution < -0.4 is 4.74 Å². The number of benzene rings is 1. The van der Waals surface area contributed by atoms with Crippen LogP contribution in [0, 0.1) is 0 Å². The van der Waals surface area contributed by atoms with Crippen molar-refractivity contribution in [1.29, 1.82) is 0 Å². The van der Waals surface area contributed by atoms with Crippen LogP contribution >= 0.6 is 0 Å². The van der Waals surface area contributed by atoms with E-state index >= 15 is 0 Å². The largest absolute Gasteiger partial charge is 0.480 e. The van der Waals surface area contributed by atoms with Gasteiger partial charge < -0.3 is 14.7 Å². The number of halogens is 2. The van der Waals surface area contributed by atoms with E-state index in [4.69, 9.17) is 5.11 Å². The molecule has 0 aromatic heterocycles. The van der Waals surface area contributed by atoms with Gasteiger partial charge in [0.25, 0.3) is 0 Å². The molecule has 1 aliphatic rings. The third-order valence-electron chi connectivity index (χ3n) is 3.63. The lowest BCUT2D eigenvalue weighted by Crippen LogP contribution is -2.40. The number of nitrogens with zero attached hydrogens (tertiary/aromatic N) is 1. The first-order chi connectivity index (χ1) is 10.5. The average molecular weight is 313 g/mol. The van der Waals surface area contributed by atoms with Gasteiger partial charge in [0.1, 0.15) is 11.8 Å². The number of carbonyl (C=O) groups is 2. The average Bonchev–Trinajstić information content (AvgIpc) is 2.95. The first kappa shape index (κ1) is 16.2. The van der Waals surface area contributed by atoms with Crippen molar-refractivity contribution >= 4 is 11.9 Å². The second kappa shape index (κ2) is 7.20. The van der Waals surface area contributed by atoms with Gasteiger partial charge in [0.15, 0.2) is 0 Å². The Hall–Kier alpha value is -2.18. The Bertz CT molecular complexity index is 533. The van der Waals surface area contributed by atoms with Gasteiger partial charge >= 0.3 is 12.6 Å². The molecule has 120 valence electrons. The Morgan fingerprint density at radius 1 is 1.32 bits per heavy atom. The van der Waals surface area contributed by atoms with Gasteiger partial charge in [-0.3, -0.25) is 4.79 Å². The summed E-state index contributed by atoms with van der Waals surface area (Å²) in [5, 5.41) is 9.05. The van der Waals surface area contributed by atoms with Crippen molar-refractivity contribution in [3.8, 4) is 5.75 Å². The summed E-state index contributed by atoms with van der Waals surface area (Å²) in [6.07, 6.45) is 1.80. The van der Waals surface area contributed by atoms with Crippen LogP contribution in [-0.2, 0) is 16.0 Å². The van der Waals surface area contributed by atoms with E-state index in [1.807, 2.05) is 0 Å². The molecule has 5 nitrogen and oxygen atoms in total. The number of likely N-dealkylation sites (tertiary alicyclic amines) is 1. The summed E-state index contributed by atoms with van der Waals surface area (Å²) >= 11 is 0. The first-order valence-electron chi connectivity index (χ1n) is 7.03. The summed E-state index contributed by atoms with van der Waals surface area (Å²) in [5.41, 5.74) is 0.807. The van der Waals surface area contributed by atoms with Crippen LogP contribution in [0.4, 0.5) is 8.78 Å². The zero-order valence-electron chi connectivity index (χ0n) is 11.9. The maximum absolute atomic E-state index is 12.1. The monoisotopic (exact) mass is 313 g/mol. The summed E-state index contributed by atoms with van der Waals surface area (Å²) in [5.74, 6) is -1.10. The van der Waals surface area contributed by atoms with E-state index in [-0.39, 0.29) is 18.1 Å². The summed E-state index contributed by atoms with van der Waals surface area (Å²) in [4.78, 5) is 24.5. The second-order valence-corrected chi connectivity index (χ2v) is 5.11. The highest BCUT2D eigenvalue weighted by atomic mass is 19.3. The Balaban J connectivity index is 1.87. The number of carboxylic acids is 1. The van der Waals surface area contributed by atoms with E-state index in [1.165, 1.54) is 17.0 Å². The third-order valence-corrected chi connectivity index (χ3v) is 3.63. The number of aliphatic carboxylic acids is 1. The minimum absolute atomic E-state index is 0.0653. The van der Waals surface area contributed by atoms with E-state index in [0.717, 1.165) is 5.56 Å². The molecule has 7 heteroatoms. The van der Waals surface area contributed by atoms with Crippen LogP contribution in [0.5, 0.6) is 5.75 Å². The van der Waals surface area contributed by atoms with Gasteiger partial charge in [0.2, 0.25) is 5.91 Å². The molecule has 1 atom stereocenters. The standard InChI is InChI=1S/C15H17F2NO4/c16-15(17)22-11-6-3-10(4-7-11)5-8-13(19)18-9-1-2-12(18)14(20)21/h3-4,6-7,12,15H,1-2,5,8-9H2,(H,20,21). The molecule has 1 amide bonds. The smallest absolute Gasteiger partial charge is 0.387 e. The van der Waals surface area contributed by atoms with Crippen LogP contribution in [0.3, 0.4) is 0 Å². The van der Waals surface area contributed by atoms with Gasteiger partial charge in [-0.15, -0.1) is 0 Å². The van der Waals surface area contributed by atoms with Gasteiger partial charge in [-0.1, -0.05) is 12.1 Å². The van der Waals surface area contributed by atoms with Gasteiger partial charge in [-0.2, -0.15) is 8.78 Å². The highest BCUT2D eigenvalue weighted by molar-refractivity contribution is 5.84. The Morgan fingerprint density at radius 2 is 2.00 bits per heavy atom. The van der Waals surface area contributed by atoms with Crippen LogP contribution in [0.15, 0.2) is 24.3 Å². The second-order valence-electron chi connectivity index (χ2n) is 5.11. The van der Waals surface area contributed by atoms with E-state index in [0.29, 0.717) is 25.8 Å². The molecule has 1 unspecified atom stereocenters. The Kier molecular flexibility index (Phi) is 5.30. The molecule has 0 saturated carbocycles. The molecule has 1 N–H and O–H groups in total. The predicted octanol–water partition coefficient (Wildman–Crippen LogP) is 2.30. The lowest BCUT2D eigenvalue weighted by Gasteiger charge is -2.21. The summed E-state index contributed by atoms with van der Waals surface area (Å²) in [6, 6.07) is 5.34. The lowest BCUT2D eigenvalue weighted by atomic mass is 10.1. The van der Waals surface area contributed by atoms with Crippen molar-refractivity contribution in [2.75, 3.05) is 6.54 Å². The fourth-order valence-electron chi connectivity index (χ4n) is 2.55. The van der Waals surface area contributed by atoms with Crippen molar-refractivity contribution in [1.82, 2.24) is 4.90 Å². The lowest BCUT2D eigenvalue weighted by molar-refractivity contribution is -0.148. The molecular weight excluding hydrogens is 296 g/mol. The number of hydrogen-bond donors (Lipinski definition) is 1. The normalized spacial score (nSPS) is 17.8. The molecule has 1 saturated heterocycles. The molecule has 22 heavy (non-hydrogen) atoms. The number of ether oxygens (including phenoxy) is 1. The maximum atomic E-state index is 12.1. The molecule has 1 aromatic carbocycles. The van der Waals surface area contributed by atoms with Crippen molar-refractivity contribution in [2.24, 2.45) is 0 Å². The Labute approximate surface area is 126 Å². The maximum Gasteiger partial charge on any atom is 0.387 e. The number of rotatable bonds is 6. The van der Waals surface area contributed by atoms with Crippen LogP contribution in [0.2, 0.25) is 0 Å². The molecule has 0 bridgehead atoms. The Morgan fingerprint density at radius 3 is 2.59 bits per heavy atom. The van der Waals surface area contributed by atoms with Crippen molar-refractivity contribution < 1.29 is 28.2 Å². The van der Waals surface area contributed by atoms with Crippen LogP contribution in [0.25, 0.3) is 0 Å².